The van der Waals surface area contributed by atoms with Crippen LogP contribution >= 0.6 is 0 Å². The third kappa shape index (κ3) is 33.4. The van der Waals surface area contributed by atoms with Crippen LogP contribution in [0.15, 0.2) is 0 Å². The third-order valence-electron chi connectivity index (χ3n) is 28.2. The maximum absolute atomic E-state index is 14.4. The Balaban J connectivity index is 0.00000167. The van der Waals surface area contributed by atoms with E-state index in [1.165, 1.54) is 68.9 Å². The smallest absolute Gasteiger partial charge is 0.429 e. The fourth-order valence-corrected chi connectivity index (χ4v) is 14.8. The molecule has 0 amide bonds. The topological polar surface area (TPSA) is 327 Å². The van der Waals surface area contributed by atoms with Crippen LogP contribution in [0.5, 0.6) is 0 Å². The number of halogens is 30. The van der Waals surface area contributed by atoms with E-state index in [1.807, 2.05) is 27.7 Å². The summed E-state index contributed by atoms with van der Waals surface area (Å²) >= 11 is 0. The Kier molecular flexibility index (Phi) is 45.8. The molecule has 2 heterocycles. The van der Waals surface area contributed by atoms with Crippen molar-refractivity contribution in [1.82, 2.24) is 0 Å². The van der Waals surface area contributed by atoms with Crippen molar-refractivity contribution < 1.29 is 239 Å². The second kappa shape index (κ2) is 47.7. The molecule has 142 heavy (non-hydrogen) atoms. The number of alkyl halides is 30. The largest absolute Gasteiger partial charge is 0.469 e. The molecule has 7 N–H and O–H groups in total. The fraction of sp³-hybridized carbons (Fsp3) is 0.933. The average molecular weight is 2140 g/mol. The molecule has 0 radical (unpaired) electrons. The molecule has 52 heteroatoms. The molecule has 0 aromatic rings. The summed E-state index contributed by atoms with van der Waals surface area (Å²) in [5.74, 6) is -16.9. The molecule has 2 aliphatic heterocycles. The molecular weight excluding hydrogens is 2000 g/mol. The number of carbonyl (C=O) groups is 6. The molecule has 0 aromatic heterocycles. The van der Waals surface area contributed by atoms with Gasteiger partial charge in [-0.15, -0.1) is 0 Å². The first kappa shape index (κ1) is 136. The van der Waals surface area contributed by atoms with Crippen LogP contribution in [0.25, 0.3) is 0 Å². The number of fused-ring (bicyclic) bond motifs is 2. The van der Waals surface area contributed by atoms with Crippen LogP contribution in [-0.2, 0) is 71.4 Å². The van der Waals surface area contributed by atoms with Crippen molar-refractivity contribution in [3.8, 4) is 0 Å². The van der Waals surface area contributed by atoms with Gasteiger partial charge in [0.25, 0.3) is 17.6 Å². The number of carbonyl (C=O) groups excluding carboxylic acids is 6. The SMILES string of the molecule is CC(O)(CC1CC2CCC1C2)C(F)(F)F.CCC(C)(C)C(=O)OC.CCC(C)(C)C(=O)OC(CC(C)(O)C(F)F)C(F)(F)F.CCC(C)(C)C(=O)OC1CC(C(C)(O)C(F)(F)F)CC(C(O)(C(F)(F)F)C(F)(F)F)C1.CCC(C)(C)C(=O)OC1CC(C)(O)OC(C)(C(F)(F)F)C1(F)F.CCC(C)(C)C(=O)OC1CCCCC1C(C)(O)C(F)(F)F.CCC(C)(C)C(=O)OCC1(C)OCOC(F)(F)C1(O)C(F)(F)F. The van der Waals surface area contributed by atoms with E-state index in [2.05, 4.69) is 28.4 Å². The van der Waals surface area contributed by atoms with E-state index in [0.29, 0.717) is 57.8 Å². The summed E-state index contributed by atoms with van der Waals surface area (Å²) in [6.07, 6.45) is -57.4. The summed E-state index contributed by atoms with van der Waals surface area (Å²) in [7, 11) is 1.42. The Morgan fingerprint density at radius 3 is 1.20 bits per heavy atom. The lowest BCUT2D eigenvalue weighted by Gasteiger charge is -2.50. The summed E-state index contributed by atoms with van der Waals surface area (Å²) in [4.78, 5) is 70.6. The highest BCUT2D eigenvalue weighted by molar-refractivity contribution is 5.78. The number of rotatable bonds is 26. The summed E-state index contributed by atoms with van der Waals surface area (Å²) in [6, 6.07) is 0. The molecule has 842 valence electrons. The van der Waals surface area contributed by atoms with Gasteiger partial charge in [0.1, 0.15) is 30.0 Å². The van der Waals surface area contributed by atoms with Crippen molar-refractivity contribution in [2.75, 3.05) is 20.5 Å². The van der Waals surface area contributed by atoms with Gasteiger partial charge in [0.05, 0.1) is 39.6 Å². The summed E-state index contributed by atoms with van der Waals surface area (Å²) in [6.45, 7) is 30.2. The Bertz CT molecular complexity index is 4000. The van der Waals surface area contributed by atoms with Crippen molar-refractivity contribution in [2.24, 2.45) is 68.0 Å². The average Bonchev–Trinajstić information content (AvgIpc) is 1.13. The predicted octanol–water partition coefficient (Wildman–Crippen LogP) is 22.8. The van der Waals surface area contributed by atoms with Gasteiger partial charge in [0.15, 0.2) is 41.6 Å². The Labute approximate surface area is 805 Å². The number of hydrogen-bond donors (Lipinski definition) is 7. The Hall–Kier alpha value is -5.68. The van der Waals surface area contributed by atoms with E-state index >= 15 is 0 Å². The summed E-state index contributed by atoms with van der Waals surface area (Å²) in [5.41, 5.74) is -34.5. The van der Waals surface area contributed by atoms with Crippen LogP contribution in [0, 0.1) is 68.0 Å². The molecule has 0 aromatic carbocycles. The summed E-state index contributed by atoms with van der Waals surface area (Å²) in [5, 5.41) is 67.7. The van der Waals surface area contributed by atoms with E-state index in [0.717, 1.165) is 46.5 Å². The highest BCUT2D eigenvalue weighted by Gasteiger charge is 2.82. The lowest BCUT2D eigenvalue weighted by Crippen LogP contribution is -2.76. The van der Waals surface area contributed by atoms with E-state index in [1.54, 1.807) is 41.5 Å². The predicted molar refractivity (Wildman–Crippen MR) is 445 cm³/mol. The zero-order valence-electron chi connectivity index (χ0n) is 84.0. The Morgan fingerprint density at radius 1 is 0.444 bits per heavy atom. The molecule has 0 spiro atoms. The lowest BCUT2D eigenvalue weighted by molar-refractivity contribution is -0.493. The first-order valence-electron chi connectivity index (χ1n) is 45.4. The zero-order valence-corrected chi connectivity index (χ0v) is 84.0. The van der Waals surface area contributed by atoms with Crippen LogP contribution in [0.2, 0.25) is 0 Å². The molecule has 18 atom stereocenters. The van der Waals surface area contributed by atoms with Gasteiger partial charge in [-0.2, -0.15) is 123 Å². The molecular formula is C90H140F30O22. The minimum Gasteiger partial charge on any atom is -0.469 e. The van der Waals surface area contributed by atoms with Crippen LogP contribution in [0.3, 0.4) is 0 Å². The maximum atomic E-state index is 14.4. The normalized spacial score (nSPS) is 27.9. The minimum absolute atomic E-state index is 0.0837. The van der Waals surface area contributed by atoms with Crippen LogP contribution in [0.1, 0.15) is 302 Å². The fourth-order valence-electron chi connectivity index (χ4n) is 14.8. The second-order valence-corrected chi connectivity index (χ2v) is 42.1. The van der Waals surface area contributed by atoms with Gasteiger partial charge in [-0.25, -0.2) is 8.78 Å². The van der Waals surface area contributed by atoms with Gasteiger partial charge < -0.3 is 73.6 Å². The number of aliphatic hydroxyl groups is 7. The Morgan fingerprint density at radius 2 is 0.845 bits per heavy atom. The van der Waals surface area contributed by atoms with Crippen molar-refractivity contribution >= 4 is 35.8 Å². The van der Waals surface area contributed by atoms with Gasteiger partial charge >= 0.3 is 97.3 Å². The van der Waals surface area contributed by atoms with Gasteiger partial charge in [0.2, 0.25) is 5.60 Å². The van der Waals surface area contributed by atoms with Crippen LogP contribution < -0.4 is 0 Å². The van der Waals surface area contributed by atoms with E-state index in [4.69, 9.17) is 14.2 Å². The van der Waals surface area contributed by atoms with Gasteiger partial charge in [-0.05, 0) is 252 Å². The molecule has 2 bridgehead atoms. The van der Waals surface area contributed by atoms with Crippen molar-refractivity contribution in [3.05, 3.63) is 0 Å². The number of esters is 6. The lowest BCUT2D eigenvalue weighted by atomic mass is 9.66. The quantitative estimate of drug-likeness (QED) is 0.0240. The van der Waals surface area contributed by atoms with Crippen LogP contribution in [0.4, 0.5) is 132 Å². The molecule has 4 aliphatic carbocycles. The number of methoxy groups -OCH3 is 1. The maximum Gasteiger partial charge on any atom is 0.429 e. The van der Waals surface area contributed by atoms with E-state index < -0.39 is 263 Å². The van der Waals surface area contributed by atoms with E-state index in [-0.39, 0.29) is 63.3 Å². The molecule has 18 unspecified atom stereocenters. The molecule has 6 fully saturated rings. The van der Waals surface area contributed by atoms with E-state index in [9.17, 15) is 196 Å². The molecule has 2 saturated heterocycles. The third-order valence-corrected chi connectivity index (χ3v) is 28.2. The highest BCUT2D eigenvalue weighted by Crippen LogP contribution is 2.60. The minimum atomic E-state index is -6.28. The standard InChI is InChI=1S/C18H25F9O4.C15H25F3O3.C14H21F5O4.C13H19F5O5.C12H19F5O3.C11H17F3O.C7H14O2/c1-5-13(2,3)12(28)31-11-7-9(14(4,29)16(19,20)21)6-10(8-11)15(30,17(22,23)24)18(25,26)27;1-5-13(2,3)12(19)21-11-9-7-6-8-10(11)14(4,20)15(16,17)18;1-6-10(2,3)9(20)22-8-7-11(4,21)23-12(5,13(8,15)16)14(17,18)19;1-5-9(2,3)8(19)21-6-10(4)11(20,12(14,15)16)13(17,18)23-7-22-10;1-5-10(2,3)9(18)20-7(12(15,16)17)6-11(4,19)8(13)14;1-10(15,11(12,13)14)6-9-5-7-2-3-8(9)4-7;1-5-7(2,3)6(8)9-4/h9-11,29-30H,5-8H2,1-4H3;10-11,20H,5-9H2,1-4H3;8,21H,6-7H2,1-5H3;20H,5-7H2,1-4H3;7-8,19H,5-6H2,1-4H3;7-9,15H,2-6H2,1H3;5H2,1-4H3. The number of ether oxygens (including phenoxy) is 9. The number of hydrogen-bond acceptors (Lipinski definition) is 22. The van der Waals surface area contributed by atoms with Gasteiger partial charge in [-0.3, -0.25) is 33.5 Å². The van der Waals surface area contributed by atoms with Crippen molar-refractivity contribution in [2.45, 2.75) is 444 Å². The molecule has 4 saturated carbocycles. The van der Waals surface area contributed by atoms with Crippen molar-refractivity contribution in [1.29, 1.82) is 0 Å². The second-order valence-electron chi connectivity index (χ2n) is 42.1. The first-order chi connectivity index (χ1) is 62.7. The molecule has 22 nitrogen and oxygen atoms in total. The monoisotopic (exact) mass is 2140 g/mol. The highest BCUT2D eigenvalue weighted by atomic mass is 19.4. The van der Waals surface area contributed by atoms with Crippen LogP contribution in [-0.4, -0.2) is 235 Å². The van der Waals surface area contributed by atoms with Crippen molar-refractivity contribution in [3.63, 3.8) is 0 Å². The summed E-state index contributed by atoms with van der Waals surface area (Å²) < 4.78 is 435. The zero-order chi connectivity index (χ0) is 113. The van der Waals surface area contributed by atoms with Gasteiger partial charge in [0, 0.05) is 30.6 Å². The first-order valence-corrected chi connectivity index (χ1v) is 45.4. The van der Waals surface area contributed by atoms with Gasteiger partial charge in [-0.1, -0.05) is 54.4 Å². The molecule has 6 aliphatic rings. The molecule has 6 rings (SSSR count).